The summed E-state index contributed by atoms with van der Waals surface area (Å²) in [6.45, 7) is 5.35. The van der Waals surface area contributed by atoms with Crippen LogP contribution in [0, 0.1) is 12.8 Å². The molecule has 27 heavy (non-hydrogen) atoms. The molecule has 0 bridgehead atoms. The van der Waals surface area contributed by atoms with Crippen molar-refractivity contribution in [2.24, 2.45) is 5.92 Å². The molecule has 4 heteroatoms. The Hall–Kier alpha value is -2.62. The van der Waals surface area contributed by atoms with Crippen LogP contribution in [0.15, 0.2) is 54.6 Å². The molecule has 1 atom stereocenters. The first-order valence-electron chi connectivity index (χ1n) is 9.71. The van der Waals surface area contributed by atoms with E-state index in [4.69, 9.17) is 0 Å². The van der Waals surface area contributed by atoms with Crippen LogP contribution < -0.4 is 5.32 Å². The van der Waals surface area contributed by atoms with Crippen molar-refractivity contribution in [2.45, 2.75) is 39.2 Å². The molecular weight excluding hydrogens is 336 g/mol. The van der Waals surface area contributed by atoms with Crippen molar-refractivity contribution >= 4 is 11.8 Å². The molecule has 3 rings (SSSR count). The summed E-state index contributed by atoms with van der Waals surface area (Å²) in [5, 5.41) is 3.11. The van der Waals surface area contributed by atoms with E-state index in [0.29, 0.717) is 19.5 Å². The van der Waals surface area contributed by atoms with Gasteiger partial charge >= 0.3 is 0 Å². The van der Waals surface area contributed by atoms with Gasteiger partial charge in [0.1, 0.15) is 0 Å². The lowest BCUT2D eigenvalue weighted by atomic mass is 9.94. The molecule has 0 aliphatic carbocycles. The van der Waals surface area contributed by atoms with Crippen LogP contribution in [0.2, 0.25) is 0 Å². The van der Waals surface area contributed by atoms with Crippen molar-refractivity contribution < 1.29 is 9.59 Å². The number of likely N-dealkylation sites (tertiary alicyclic amines) is 1. The van der Waals surface area contributed by atoms with Gasteiger partial charge in [-0.3, -0.25) is 9.59 Å². The van der Waals surface area contributed by atoms with Crippen molar-refractivity contribution in [2.75, 3.05) is 13.1 Å². The van der Waals surface area contributed by atoms with Crippen LogP contribution in [0.4, 0.5) is 0 Å². The smallest absolute Gasteiger partial charge is 0.226 e. The lowest BCUT2D eigenvalue weighted by Gasteiger charge is -2.32. The van der Waals surface area contributed by atoms with Gasteiger partial charge in [0.05, 0.1) is 12.5 Å². The molecular formula is C23H28N2O2. The molecule has 0 saturated carbocycles. The van der Waals surface area contributed by atoms with Crippen LogP contribution in [0.3, 0.4) is 0 Å². The molecule has 1 aliphatic heterocycles. The lowest BCUT2D eigenvalue weighted by Crippen LogP contribution is -2.43. The molecule has 0 aromatic heterocycles. The van der Waals surface area contributed by atoms with Crippen LogP contribution in [0.25, 0.3) is 0 Å². The van der Waals surface area contributed by atoms with E-state index in [-0.39, 0.29) is 23.8 Å². The van der Waals surface area contributed by atoms with Crippen molar-refractivity contribution in [3.05, 3.63) is 71.3 Å². The van der Waals surface area contributed by atoms with Crippen LogP contribution in [0.5, 0.6) is 0 Å². The third kappa shape index (κ3) is 5.19. The number of piperidine rings is 1. The summed E-state index contributed by atoms with van der Waals surface area (Å²) >= 11 is 0. The van der Waals surface area contributed by atoms with E-state index >= 15 is 0 Å². The quantitative estimate of drug-likeness (QED) is 0.880. The van der Waals surface area contributed by atoms with Crippen molar-refractivity contribution in [3.8, 4) is 0 Å². The zero-order valence-corrected chi connectivity index (χ0v) is 16.2. The summed E-state index contributed by atoms with van der Waals surface area (Å²) in [7, 11) is 0. The molecule has 1 aliphatic rings. The second kappa shape index (κ2) is 8.85. The number of benzene rings is 2. The molecule has 1 fully saturated rings. The summed E-state index contributed by atoms with van der Waals surface area (Å²) < 4.78 is 0. The zero-order chi connectivity index (χ0) is 19.2. The number of amides is 2. The second-order valence-electron chi connectivity index (χ2n) is 7.46. The summed E-state index contributed by atoms with van der Waals surface area (Å²) in [4.78, 5) is 27.0. The number of rotatable bonds is 5. The van der Waals surface area contributed by atoms with Gasteiger partial charge in [0.25, 0.3) is 0 Å². The van der Waals surface area contributed by atoms with Gasteiger partial charge in [0.2, 0.25) is 11.8 Å². The van der Waals surface area contributed by atoms with Crippen LogP contribution in [-0.2, 0) is 16.0 Å². The SMILES string of the molecule is Cc1cccc(CC(=O)N2CCC(C(=O)NC(C)c3ccccc3)CC2)c1. The molecule has 0 radical (unpaired) electrons. The van der Waals surface area contributed by atoms with Gasteiger partial charge in [-0.15, -0.1) is 0 Å². The number of aryl methyl sites for hydroxylation is 1. The highest BCUT2D eigenvalue weighted by atomic mass is 16.2. The Morgan fingerprint density at radius 1 is 1.07 bits per heavy atom. The average molecular weight is 364 g/mol. The monoisotopic (exact) mass is 364 g/mol. The Labute approximate surface area is 161 Å². The summed E-state index contributed by atoms with van der Waals surface area (Å²) in [5.74, 6) is 0.230. The predicted molar refractivity (Wildman–Crippen MR) is 107 cm³/mol. The van der Waals surface area contributed by atoms with E-state index < -0.39 is 0 Å². The molecule has 1 heterocycles. The maximum Gasteiger partial charge on any atom is 0.226 e. The van der Waals surface area contributed by atoms with Crippen LogP contribution >= 0.6 is 0 Å². The predicted octanol–water partition coefficient (Wildman–Crippen LogP) is 3.65. The van der Waals surface area contributed by atoms with E-state index in [9.17, 15) is 9.59 Å². The fourth-order valence-electron chi connectivity index (χ4n) is 3.66. The molecule has 2 aromatic rings. The molecule has 1 unspecified atom stereocenters. The number of nitrogens with one attached hydrogen (secondary N) is 1. The maximum absolute atomic E-state index is 12.6. The molecule has 1 N–H and O–H groups in total. The van der Waals surface area contributed by atoms with E-state index in [2.05, 4.69) is 11.4 Å². The number of carbonyl (C=O) groups excluding carboxylic acids is 2. The normalized spacial score (nSPS) is 16.0. The Kier molecular flexibility index (Phi) is 6.28. The van der Waals surface area contributed by atoms with Crippen molar-refractivity contribution in [1.82, 2.24) is 10.2 Å². The highest BCUT2D eigenvalue weighted by molar-refractivity contribution is 5.81. The minimum absolute atomic E-state index is 0.000295. The molecule has 1 saturated heterocycles. The van der Waals surface area contributed by atoms with Gasteiger partial charge < -0.3 is 10.2 Å². The van der Waals surface area contributed by atoms with Gasteiger partial charge in [-0.1, -0.05) is 60.2 Å². The lowest BCUT2D eigenvalue weighted by molar-refractivity contribution is -0.135. The van der Waals surface area contributed by atoms with E-state index in [1.54, 1.807) is 0 Å². The molecule has 142 valence electrons. The van der Waals surface area contributed by atoms with Gasteiger partial charge in [-0.2, -0.15) is 0 Å². The fraction of sp³-hybridized carbons (Fsp3) is 0.391. The Morgan fingerprint density at radius 3 is 2.44 bits per heavy atom. The Balaban J connectivity index is 1.48. The van der Waals surface area contributed by atoms with Gasteiger partial charge in [-0.05, 0) is 37.8 Å². The molecule has 2 aromatic carbocycles. The highest BCUT2D eigenvalue weighted by Crippen LogP contribution is 2.20. The average Bonchev–Trinajstić information content (AvgIpc) is 2.68. The van der Waals surface area contributed by atoms with Crippen molar-refractivity contribution in [3.63, 3.8) is 0 Å². The topological polar surface area (TPSA) is 49.4 Å². The Bertz CT molecular complexity index is 780. The first-order valence-corrected chi connectivity index (χ1v) is 9.71. The Morgan fingerprint density at radius 2 is 1.78 bits per heavy atom. The summed E-state index contributed by atoms with van der Waals surface area (Å²) in [6, 6.07) is 18.1. The first kappa shape index (κ1) is 19.2. The molecule has 0 spiro atoms. The zero-order valence-electron chi connectivity index (χ0n) is 16.2. The standard InChI is InChI=1S/C23H28N2O2/c1-17-7-6-8-19(15-17)16-22(26)25-13-11-21(12-14-25)23(27)24-18(2)20-9-4-3-5-10-20/h3-10,15,18,21H,11-14,16H2,1-2H3,(H,24,27). The van der Waals surface area contributed by atoms with Crippen molar-refractivity contribution in [1.29, 1.82) is 0 Å². The van der Waals surface area contributed by atoms with Crippen LogP contribution in [0.1, 0.15) is 42.5 Å². The number of hydrogen-bond donors (Lipinski definition) is 1. The molecule has 4 nitrogen and oxygen atoms in total. The first-order chi connectivity index (χ1) is 13.0. The third-order valence-corrected chi connectivity index (χ3v) is 5.31. The van der Waals surface area contributed by atoms with Gasteiger partial charge in [0, 0.05) is 19.0 Å². The maximum atomic E-state index is 12.6. The van der Waals surface area contributed by atoms with Gasteiger partial charge in [-0.25, -0.2) is 0 Å². The highest BCUT2D eigenvalue weighted by Gasteiger charge is 2.28. The minimum atomic E-state index is -0.0146. The molecule has 2 amide bonds. The van der Waals surface area contributed by atoms with E-state index in [1.807, 2.05) is 67.3 Å². The fourth-order valence-corrected chi connectivity index (χ4v) is 3.66. The summed E-state index contributed by atoms with van der Waals surface area (Å²) in [5.41, 5.74) is 3.33. The van der Waals surface area contributed by atoms with E-state index in [1.165, 1.54) is 5.56 Å². The van der Waals surface area contributed by atoms with Gasteiger partial charge in [0.15, 0.2) is 0 Å². The van der Waals surface area contributed by atoms with E-state index in [0.717, 1.165) is 24.0 Å². The largest absolute Gasteiger partial charge is 0.349 e. The minimum Gasteiger partial charge on any atom is -0.349 e. The summed E-state index contributed by atoms with van der Waals surface area (Å²) in [6.07, 6.45) is 1.89. The number of hydrogen-bond acceptors (Lipinski definition) is 2. The third-order valence-electron chi connectivity index (χ3n) is 5.31. The number of nitrogens with zero attached hydrogens (tertiary/aromatic N) is 1. The second-order valence-corrected chi connectivity index (χ2v) is 7.46. The number of carbonyl (C=O) groups is 2. The van der Waals surface area contributed by atoms with Crippen LogP contribution in [-0.4, -0.2) is 29.8 Å².